The number of carboxylic acids is 1. The number of carboxylic acid groups (broad SMARTS) is 1. The second-order valence-electron chi connectivity index (χ2n) is 5.88. The van der Waals surface area contributed by atoms with Crippen molar-refractivity contribution in [1.82, 2.24) is 4.98 Å². The second-order valence-corrected chi connectivity index (χ2v) is 6.79. The number of hydrogen-bond acceptors (Lipinski definition) is 3. The van der Waals surface area contributed by atoms with E-state index in [9.17, 15) is 23.1 Å². The molecule has 3 aromatic rings. The number of fused-ring (bicyclic) bond motifs is 1. The zero-order valence-electron chi connectivity index (χ0n) is 14.6. The lowest BCUT2D eigenvalue weighted by Gasteiger charge is -2.11. The third-order valence-corrected chi connectivity index (χ3v) is 4.44. The third kappa shape index (κ3) is 4.41. The van der Waals surface area contributed by atoms with Gasteiger partial charge in [0.25, 0.3) is 0 Å². The maximum Gasteiger partial charge on any atom is 0.573 e. The highest BCUT2D eigenvalue weighted by atomic mass is 79.9. The average molecular weight is 458 g/mol. The first-order chi connectivity index (χ1) is 13.2. The fourth-order valence-corrected chi connectivity index (χ4v) is 3.33. The summed E-state index contributed by atoms with van der Waals surface area (Å²) in [5, 5.41) is 9.67. The van der Waals surface area contributed by atoms with Gasteiger partial charge in [-0.25, -0.2) is 0 Å². The number of hydrogen-bond donors (Lipinski definition) is 2. The summed E-state index contributed by atoms with van der Waals surface area (Å²) < 4.78 is 48.0. The minimum absolute atomic E-state index is 0.335. The monoisotopic (exact) mass is 457 g/mol. The van der Waals surface area contributed by atoms with Gasteiger partial charge in [-0.1, -0.05) is 15.9 Å². The van der Waals surface area contributed by atoms with E-state index in [4.69, 9.17) is 4.74 Å². The molecule has 28 heavy (non-hydrogen) atoms. The van der Waals surface area contributed by atoms with Crippen molar-refractivity contribution >= 4 is 32.8 Å². The van der Waals surface area contributed by atoms with Crippen molar-refractivity contribution in [2.24, 2.45) is 0 Å². The van der Waals surface area contributed by atoms with E-state index >= 15 is 0 Å². The molecule has 2 aromatic carbocycles. The fourth-order valence-electron chi connectivity index (χ4n) is 2.97. The Hall–Kier alpha value is -2.68. The summed E-state index contributed by atoms with van der Waals surface area (Å²) in [6.07, 6.45) is -5.23. The summed E-state index contributed by atoms with van der Waals surface area (Å²) in [5.41, 5.74) is 1.89. The molecule has 2 N–H and O–H groups in total. The molecule has 5 nitrogen and oxygen atoms in total. The van der Waals surface area contributed by atoms with Gasteiger partial charge in [0.1, 0.15) is 11.5 Å². The molecule has 0 aliphatic heterocycles. The van der Waals surface area contributed by atoms with Crippen LogP contribution in [0.4, 0.5) is 13.2 Å². The van der Waals surface area contributed by atoms with Crippen LogP contribution in [0.3, 0.4) is 0 Å². The molecule has 1 heterocycles. The normalized spacial score (nSPS) is 11.6. The molecule has 0 bridgehead atoms. The average Bonchev–Trinajstić information content (AvgIpc) is 2.92. The van der Waals surface area contributed by atoms with E-state index in [0.717, 1.165) is 4.47 Å². The summed E-state index contributed by atoms with van der Waals surface area (Å²) in [6, 6.07) is 9.04. The van der Waals surface area contributed by atoms with Crippen LogP contribution >= 0.6 is 15.9 Å². The molecule has 0 amide bonds. The zero-order chi connectivity index (χ0) is 20.5. The van der Waals surface area contributed by atoms with Crippen LogP contribution in [0.5, 0.6) is 11.5 Å². The Bertz CT molecular complexity index is 1030. The standard InChI is InChI=1S/C19H15BrF3NO4/c1-2-27-16-6-3-10(20)7-14(16)18-13(9-17(25)26)12-8-11(28-19(21,22)23)4-5-15(12)24-18/h3-8,24H,2,9H2,1H3,(H,25,26). The number of ether oxygens (including phenoxy) is 2. The third-order valence-electron chi connectivity index (χ3n) is 3.95. The van der Waals surface area contributed by atoms with Crippen molar-refractivity contribution in [2.45, 2.75) is 19.7 Å². The summed E-state index contributed by atoms with van der Waals surface area (Å²) in [7, 11) is 0. The van der Waals surface area contributed by atoms with Gasteiger partial charge in [0.05, 0.1) is 18.7 Å². The SMILES string of the molecule is CCOc1ccc(Br)cc1-c1[nH]c2ccc(OC(F)(F)F)cc2c1CC(=O)O. The number of nitrogens with one attached hydrogen (secondary N) is 1. The van der Waals surface area contributed by atoms with Crippen molar-refractivity contribution in [3.05, 3.63) is 46.4 Å². The summed E-state index contributed by atoms with van der Waals surface area (Å²) >= 11 is 3.38. The van der Waals surface area contributed by atoms with Crippen LogP contribution < -0.4 is 9.47 Å². The number of benzene rings is 2. The van der Waals surface area contributed by atoms with Crippen LogP contribution in [0.1, 0.15) is 12.5 Å². The number of alkyl halides is 3. The summed E-state index contributed by atoms with van der Waals surface area (Å²) in [6.45, 7) is 2.21. The first-order valence-electron chi connectivity index (χ1n) is 8.22. The van der Waals surface area contributed by atoms with Gasteiger partial charge in [-0.05, 0) is 48.9 Å². The van der Waals surface area contributed by atoms with E-state index in [1.165, 1.54) is 18.2 Å². The Morgan fingerprint density at radius 1 is 1.21 bits per heavy atom. The predicted octanol–water partition coefficient (Wildman–Crippen LogP) is 5.52. The highest BCUT2D eigenvalue weighted by Crippen LogP contribution is 2.39. The van der Waals surface area contributed by atoms with E-state index in [1.54, 1.807) is 18.2 Å². The van der Waals surface area contributed by atoms with Crippen LogP contribution in [0, 0.1) is 0 Å². The number of aromatic amines is 1. The topological polar surface area (TPSA) is 71.5 Å². The van der Waals surface area contributed by atoms with Crippen molar-refractivity contribution in [3.8, 4) is 22.8 Å². The largest absolute Gasteiger partial charge is 0.573 e. The molecule has 0 saturated heterocycles. The number of aromatic nitrogens is 1. The van der Waals surface area contributed by atoms with E-state index in [2.05, 4.69) is 25.7 Å². The number of H-pyrrole nitrogens is 1. The van der Waals surface area contributed by atoms with Crippen molar-refractivity contribution in [2.75, 3.05) is 6.61 Å². The van der Waals surface area contributed by atoms with Crippen LogP contribution in [0.15, 0.2) is 40.9 Å². The maximum atomic E-state index is 12.6. The molecule has 0 saturated carbocycles. The molecular formula is C19H15BrF3NO4. The second kappa shape index (κ2) is 7.75. The molecule has 0 radical (unpaired) electrons. The number of rotatable bonds is 6. The molecule has 0 fully saturated rings. The van der Waals surface area contributed by atoms with Crippen LogP contribution in [-0.4, -0.2) is 29.0 Å². The Morgan fingerprint density at radius 3 is 2.61 bits per heavy atom. The highest BCUT2D eigenvalue weighted by molar-refractivity contribution is 9.10. The summed E-state index contributed by atoms with van der Waals surface area (Å²) in [4.78, 5) is 14.5. The van der Waals surface area contributed by atoms with E-state index in [1.807, 2.05) is 6.92 Å². The summed E-state index contributed by atoms with van der Waals surface area (Å²) in [5.74, 6) is -1.01. The molecule has 3 rings (SSSR count). The molecule has 9 heteroatoms. The molecule has 0 unspecified atom stereocenters. The lowest BCUT2D eigenvalue weighted by Crippen LogP contribution is -2.17. The highest BCUT2D eigenvalue weighted by Gasteiger charge is 2.31. The first-order valence-corrected chi connectivity index (χ1v) is 9.02. The van der Waals surface area contributed by atoms with Gasteiger partial charge in [0.2, 0.25) is 0 Å². The van der Waals surface area contributed by atoms with Gasteiger partial charge >= 0.3 is 12.3 Å². The molecule has 0 aliphatic rings. The van der Waals surface area contributed by atoms with E-state index in [-0.39, 0.29) is 6.42 Å². The Kier molecular flexibility index (Phi) is 5.55. The molecule has 148 valence electrons. The maximum absolute atomic E-state index is 12.6. The van der Waals surface area contributed by atoms with Crippen LogP contribution in [0.25, 0.3) is 22.2 Å². The lowest BCUT2D eigenvalue weighted by atomic mass is 10.0. The molecule has 0 atom stereocenters. The van der Waals surface area contributed by atoms with Crippen molar-refractivity contribution in [3.63, 3.8) is 0 Å². The fraction of sp³-hybridized carbons (Fsp3) is 0.211. The minimum Gasteiger partial charge on any atom is -0.493 e. The molecule has 1 aromatic heterocycles. The Morgan fingerprint density at radius 2 is 1.96 bits per heavy atom. The van der Waals surface area contributed by atoms with Gasteiger partial charge in [-0.3, -0.25) is 4.79 Å². The van der Waals surface area contributed by atoms with Crippen LogP contribution in [0.2, 0.25) is 0 Å². The number of carbonyl (C=O) groups is 1. The molecule has 0 spiro atoms. The van der Waals surface area contributed by atoms with Gasteiger partial charge in [0, 0.05) is 20.9 Å². The van der Waals surface area contributed by atoms with Crippen molar-refractivity contribution < 1.29 is 32.5 Å². The van der Waals surface area contributed by atoms with Gasteiger partial charge < -0.3 is 19.6 Å². The van der Waals surface area contributed by atoms with Gasteiger partial charge in [-0.15, -0.1) is 13.2 Å². The Balaban J connectivity index is 2.22. The van der Waals surface area contributed by atoms with Crippen LogP contribution in [-0.2, 0) is 11.2 Å². The molecule has 0 aliphatic carbocycles. The number of halogens is 4. The smallest absolute Gasteiger partial charge is 0.493 e. The minimum atomic E-state index is -4.84. The van der Waals surface area contributed by atoms with Gasteiger partial charge in [0.15, 0.2) is 0 Å². The lowest BCUT2D eigenvalue weighted by molar-refractivity contribution is -0.274. The molecular weight excluding hydrogens is 443 g/mol. The Labute approximate surface area is 166 Å². The predicted molar refractivity (Wildman–Crippen MR) is 101 cm³/mol. The van der Waals surface area contributed by atoms with E-state index < -0.39 is 18.1 Å². The zero-order valence-corrected chi connectivity index (χ0v) is 16.1. The van der Waals surface area contributed by atoms with Gasteiger partial charge in [-0.2, -0.15) is 0 Å². The quantitative estimate of drug-likeness (QED) is 0.510. The van der Waals surface area contributed by atoms with E-state index in [0.29, 0.717) is 40.1 Å². The van der Waals surface area contributed by atoms with Crippen molar-refractivity contribution in [1.29, 1.82) is 0 Å². The first kappa shape index (κ1) is 20.1. The number of aliphatic carboxylic acids is 1.